The summed E-state index contributed by atoms with van der Waals surface area (Å²) in [6, 6.07) is 101. The highest BCUT2D eigenvalue weighted by molar-refractivity contribution is 6.07. The van der Waals surface area contributed by atoms with Gasteiger partial charge in [0.2, 0.25) is 0 Å². The van der Waals surface area contributed by atoms with Crippen molar-refractivity contribution in [3.8, 4) is 89.7 Å². The van der Waals surface area contributed by atoms with Crippen LogP contribution in [0, 0.1) is 0 Å². The van der Waals surface area contributed by atoms with Gasteiger partial charge in [-0.15, -0.1) is 0 Å². The maximum absolute atomic E-state index is 5.09. The largest absolute Gasteiger partial charge is 0.256 e. The molecule has 0 N–H and O–H groups in total. The van der Waals surface area contributed by atoms with Gasteiger partial charge in [0, 0.05) is 61.6 Å². The summed E-state index contributed by atoms with van der Waals surface area (Å²) in [7, 11) is 0. The fourth-order valence-electron chi connectivity index (χ4n) is 11.5. The number of aromatic nitrogens is 6. The third-order valence-corrected chi connectivity index (χ3v) is 15.8. The van der Waals surface area contributed by atoms with E-state index in [1.165, 1.54) is 38.2 Å². The topological polar surface area (TPSA) is 77.3 Å². The van der Waals surface area contributed by atoms with Gasteiger partial charge in [0.1, 0.15) is 0 Å². The molecule has 0 fully saturated rings. The van der Waals surface area contributed by atoms with Gasteiger partial charge in [-0.25, -0.2) is 19.9 Å². The van der Waals surface area contributed by atoms with Crippen molar-refractivity contribution in [3.05, 3.63) is 304 Å². The first kappa shape index (κ1) is 49.7. The van der Waals surface area contributed by atoms with E-state index in [-0.39, 0.29) is 0 Å². The van der Waals surface area contributed by atoms with E-state index in [0.717, 1.165) is 117 Å². The van der Waals surface area contributed by atoms with Crippen molar-refractivity contribution in [2.75, 3.05) is 0 Å². The van der Waals surface area contributed by atoms with Crippen LogP contribution in [-0.2, 0) is 0 Å². The van der Waals surface area contributed by atoms with Crippen LogP contribution < -0.4 is 0 Å². The van der Waals surface area contributed by atoms with Crippen LogP contribution in [0.5, 0.6) is 0 Å². The highest BCUT2D eigenvalue weighted by Crippen LogP contribution is 2.37. The van der Waals surface area contributed by atoms with Crippen LogP contribution in [0.2, 0.25) is 0 Å². The summed E-state index contributed by atoms with van der Waals surface area (Å²) in [6.07, 6.45) is 3.92. The van der Waals surface area contributed by atoms with Crippen molar-refractivity contribution in [2.24, 2.45) is 0 Å². The SMILES string of the molecule is c1ccc(-c2nc(-c3ccc(-c4ccc(-c5ccc6c(c5)ncc5ccccc56)cc4)cc3)nc3ccccc23)cc1.c1ccc(-c2nc3ccccc3nc2-c2cccc(-c3ccc(-c4ccc5c(c4)ncc4ccccc45)cc3)c2)cc1. The van der Waals surface area contributed by atoms with E-state index in [1.54, 1.807) is 0 Å². The molecule has 16 aromatic rings. The standard InChI is InChI=1S/2C39H25N3/c1-2-9-28(10-3-1)38-39(42-36-16-7-6-15-35(36)41-38)31-13-8-12-29(23-31)26-17-19-27(20-18-26)30-21-22-34-33-14-5-4-11-32(33)25-40-37(34)24-30;1-2-8-29(9-3-1)38-35-12-6-7-13-36(35)41-39(42-38)30-20-18-27(19-21-30)26-14-16-28(17-15-26)31-22-23-34-33-11-5-4-10-32(33)25-40-37(34)24-31/h2*1-25H. The fraction of sp³-hybridized carbons (Fsp3) is 0. The summed E-state index contributed by atoms with van der Waals surface area (Å²) in [5, 5.41) is 8.21. The summed E-state index contributed by atoms with van der Waals surface area (Å²) < 4.78 is 0. The molecule has 0 radical (unpaired) electrons. The number of para-hydroxylation sites is 3. The minimum Gasteiger partial charge on any atom is -0.256 e. The predicted octanol–water partition coefficient (Wildman–Crippen LogP) is 20.0. The molecule has 6 heteroatoms. The number of rotatable bonds is 8. The Bertz CT molecular complexity index is 5110. The van der Waals surface area contributed by atoms with Gasteiger partial charge >= 0.3 is 0 Å². The van der Waals surface area contributed by atoms with E-state index in [1.807, 2.05) is 85.2 Å². The molecular weight excluding hydrogens is 1020 g/mol. The second-order valence-electron chi connectivity index (χ2n) is 21.0. The molecule has 0 saturated heterocycles. The summed E-state index contributed by atoms with van der Waals surface area (Å²) >= 11 is 0. The molecule has 0 spiro atoms. The second-order valence-corrected chi connectivity index (χ2v) is 21.0. The molecule has 0 aliphatic rings. The molecule has 0 aliphatic carbocycles. The zero-order valence-electron chi connectivity index (χ0n) is 45.6. The zero-order valence-corrected chi connectivity index (χ0v) is 45.6. The molecule has 6 nitrogen and oxygen atoms in total. The molecule has 4 heterocycles. The molecule has 0 saturated carbocycles. The molecule has 392 valence electrons. The van der Waals surface area contributed by atoms with Crippen molar-refractivity contribution >= 4 is 65.3 Å². The van der Waals surface area contributed by atoms with E-state index >= 15 is 0 Å². The van der Waals surface area contributed by atoms with Gasteiger partial charge in [-0.1, -0.05) is 255 Å². The Hall–Kier alpha value is -11.3. The first-order valence-corrected chi connectivity index (χ1v) is 28.2. The Morgan fingerprint density at radius 1 is 0.179 bits per heavy atom. The Morgan fingerprint density at radius 3 is 1.07 bits per heavy atom. The Labute approximate surface area is 485 Å². The third-order valence-electron chi connectivity index (χ3n) is 15.8. The van der Waals surface area contributed by atoms with E-state index in [4.69, 9.17) is 29.9 Å². The van der Waals surface area contributed by atoms with Gasteiger partial charge in [0.25, 0.3) is 0 Å². The maximum Gasteiger partial charge on any atom is 0.160 e. The lowest BCUT2D eigenvalue weighted by Gasteiger charge is -2.12. The lowest BCUT2D eigenvalue weighted by atomic mass is 9.96. The number of nitrogens with zero attached hydrogens (tertiary/aromatic N) is 6. The van der Waals surface area contributed by atoms with Crippen LogP contribution in [0.25, 0.3) is 155 Å². The van der Waals surface area contributed by atoms with Gasteiger partial charge < -0.3 is 0 Å². The Balaban J connectivity index is 0.000000143. The van der Waals surface area contributed by atoms with E-state index in [0.29, 0.717) is 0 Å². The van der Waals surface area contributed by atoms with E-state index in [9.17, 15) is 0 Å². The van der Waals surface area contributed by atoms with Crippen LogP contribution in [-0.4, -0.2) is 29.9 Å². The lowest BCUT2D eigenvalue weighted by molar-refractivity contribution is 1.23. The van der Waals surface area contributed by atoms with Crippen molar-refractivity contribution in [2.45, 2.75) is 0 Å². The molecule has 0 bridgehead atoms. The van der Waals surface area contributed by atoms with Crippen LogP contribution in [0.3, 0.4) is 0 Å². The van der Waals surface area contributed by atoms with Gasteiger partial charge in [-0.05, 0) is 91.7 Å². The first-order chi connectivity index (χ1) is 41.6. The molecule has 4 aromatic heterocycles. The van der Waals surface area contributed by atoms with Gasteiger partial charge in [-0.2, -0.15) is 0 Å². The highest BCUT2D eigenvalue weighted by atomic mass is 14.9. The summed E-state index contributed by atoms with van der Waals surface area (Å²) in [6.45, 7) is 0. The molecule has 0 atom stereocenters. The fourth-order valence-corrected chi connectivity index (χ4v) is 11.5. The van der Waals surface area contributed by atoms with Crippen molar-refractivity contribution in [1.29, 1.82) is 0 Å². The van der Waals surface area contributed by atoms with Crippen LogP contribution in [0.15, 0.2) is 304 Å². The maximum atomic E-state index is 5.09. The first-order valence-electron chi connectivity index (χ1n) is 28.2. The van der Waals surface area contributed by atoms with Crippen LogP contribution >= 0.6 is 0 Å². The summed E-state index contributed by atoms with van der Waals surface area (Å²) in [4.78, 5) is 29.5. The van der Waals surface area contributed by atoms with Crippen LogP contribution in [0.1, 0.15) is 0 Å². The number of fused-ring (bicyclic) bond motifs is 8. The minimum atomic E-state index is 0.729. The average Bonchev–Trinajstić information content (AvgIpc) is 2.77. The molecule has 0 unspecified atom stereocenters. The van der Waals surface area contributed by atoms with E-state index < -0.39 is 0 Å². The highest BCUT2D eigenvalue weighted by Gasteiger charge is 2.16. The number of benzene rings is 12. The smallest absolute Gasteiger partial charge is 0.160 e. The zero-order chi connectivity index (χ0) is 55.8. The molecule has 0 amide bonds. The van der Waals surface area contributed by atoms with Crippen molar-refractivity contribution in [1.82, 2.24) is 29.9 Å². The second kappa shape index (κ2) is 21.6. The minimum absolute atomic E-state index is 0.729. The van der Waals surface area contributed by atoms with Gasteiger partial charge in [0.05, 0.1) is 44.7 Å². The lowest BCUT2D eigenvalue weighted by Crippen LogP contribution is -1.95. The van der Waals surface area contributed by atoms with Gasteiger partial charge in [-0.3, -0.25) is 9.97 Å². The van der Waals surface area contributed by atoms with Gasteiger partial charge in [0.15, 0.2) is 5.82 Å². The van der Waals surface area contributed by atoms with E-state index in [2.05, 4.69) is 218 Å². The predicted molar refractivity (Wildman–Crippen MR) is 348 cm³/mol. The molecule has 0 aliphatic heterocycles. The number of hydrogen-bond donors (Lipinski definition) is 0. The van der Waals surface area contributed by atoms with Crippen LogP contribution in [0.4, 0.5) is 0 Å². The third kappa shape index (κ3) is 9.63. The Morgan fingerprint density at radius 2 is 0.548 bits per heavy atom. The van der Waals surface area contributed by atoms with Crippen molar-refractivity contribution < 1.29 is 0 Å². The molecular formula is C78H50N6. The molecule has 12 aromatic carbocycles. The summed E-state index contributed by atoms with van der Waals surface area (Å²) in [5.74, 6) is 0.729. The normalized spacial score (nSPS) is 11.3. The molecule has 84 heavy (non-hydrogen) atoms. The number of pyridine rings is 2. The van der Waals surface area contributed by atoms with Crippen molar-refractivity contribution in [3.63, 3.8) is 0 Å². The summed E-state index contributed by atoms with van der Waals surface area (Å²) in [5.41, 5.74) is 20.9. The number of hydrogen-bond acceptors (Lipinski definition) is 6. The molecule has 16 rings (SSSR count). The monoisotopic (exact) mass is 1070 g/mol. The quantitative estimate of drug-likeness (QED) is 0.141. The Kier molecular flexibility index (Phi) is 12.8. The average molecular weight is 1070 g/mol.